The number of benzene rings is 1. The molecule has 0 atom stereocenters. The lowest BCUT2D eigenvalue weighted by Crippen LogP contribution is -2.31. The van der Waals surface area contributed by atoms with Crippen molar-refractivity contribution in [2.24, 2.45) is 0 Å². The van der Waals surface area contributed by atoms with E-state index in [0.29, 0.717) is 11.6 Å². The highest BCUT2D eigenvalue weighted by Crippen LogP contribution is 2.41. The van der Waals surface area contributed by atoms with Gasteiger partial charge in [-0.2, -0.15) is 0 Å². The van der Waals surface area contributed by atoms with Gasteiger partial charge in [-0.1, -0.05) is 53.3 Å². The van der Waals surface area contributed by atoms with Crippen molar-refractivity contribution in [1.29, 1.82) is 0 Å². The van der Waals surface area contributed by atoms with E-state index in [1.165, 1.54) is 0 Å². The Bertz CT molecular complexity index is 677. The predicted molar refractivity (Wildman–Crippen MR) is 112 cm³/mol. The fraction of sp³-hybridized carbons (Fsp3) is 0.571. The highest BCUT2D eigenvalue weighted by atomic mass is 32.2. The minimum atomic E-state index is -0.176. The molecule has 0 radical (unpaired) electrons. The van der Waals surface area contributed by atoms with E-state index in [2.05, 4.69) is 46.9 Å². The molecular formula is C21H32N2O2S. The van der Waals surface area contributed by atoms with Crippen LogP contribution in [-0.4, -0.2) is 41.9 Å². The summed E-state index contributed by atoms with van der Waals surface area (Å²) in [5, 5.41) is 13.9. The van der Waals surface area contributed by atoms with Crippen LogP contribution in [-0.2, 0) is 15.6 Å². The zero-order valence-corrected chi connectivity index (χ0v) is 17.9. The number of hydrogen-bond acceptors (Lipinski definition) is 4. The second-order valence-electron chi connectivity index (χ2n) is 8.92. The molecule has 144 valence electrons. The highest BCUT2D eigenvalue weighted by molar-refractivity contribution is 8.04. The Labute approximate surface area is 162 Å². The van der Waals surface area contributed by atoms with Gasteiger partial charge >= 0.3 is 0 Å². The molecule has 1 aliphatic heterocycles. The first-order valence-corrected chi connectivity index (χ1v) is 10.1. The van der Waals surface area contributed by atoms with Crippen molar-refractivity contribution in [1.82, 2.24) is 10.2 Å². The van der Waals surface area contributed by atoms with E-state index in [9.17, 15) is 9.90 Å². The topological polar surface area (TPSA) is 52.6 Å². The van der Waals surface area contributed by atoms with Crippen LogP contribution in [0, 0.1) is 0 Å². The number of phenols is 1. The van der Waals surface area contributed by atoms with Crippen molar-refractivity contribution in [2.45, 2.75) is 52.4 Å². The van der Waals surface area contributed by atoms with Crippen molar-refractivity contribution in [3.05, 3.63) is 33.7 Å². The van der Waals surface area contributed by atoms with Gasteiger partial charge in [0.05, 0.1) is 10.8 Å². The Morgan fingerprint density at radius 2 is 1.69 bits per heavy atom. The van der Waals surface area contributed by atoms with Crippen molar-refractivity contribution in [2.75, 3.05) is 26.0 Å². The minimum Gasteiger partial charge on any atom is -0.507 e. The molecule has 5 heteroatoms. The van der Waals surface area contributed by atoms with Gasteiger partial charge < -0.3 is 15.3 Å². The third kappa shape index (κ3) is 4.63. The molecule has 2 rings (SSSR count). The molecule has 1 aliphatic rings. The molecule has 0 spiro atoms. The molecule has 0 aliphatic carbocycles. The molecule has 0 bridgehead atoms. The minimum absolute atomic E-state index is 0.0907. The van der Waals surface area contributed by atoms with E-state index in [1.54, 1.807) is 11.8 Å². The SMILES string of the molecule is CNCCN1CSC(=Cc2cc(C(C)(C)C)c(O)c(C(C)(C)C)c2)C1=O. The van der Waals surface area contributed by atoms with Gasteiger partial charge in [-0.25, -0.2) is 0 Å². The Morgan fingerprint density at radius 1 is 1.15 bits per heavy atom. The lowest BCUT2D eigenvalue weighted by atomic mass is 9.78. The summed E-state index contributed by atoms with van der Waals surface area (Å²) in [6.07, 6.45) is 1.97. The highest BCUT2D eigenvalue weighted by Gasteiger charge is 2.28. The summed E-state index contributed by atoms with van der Waals surface area (Å²) in [6.45, 7) is 14.1. The molecule has 1 aromatic carbocycles. The monoisotopic (exact) mass is 376 g/mol. The Morgan fingerprint density at radius 3 is 2.15 bits per heavy atom. The van der Waals surface area contributed by atoms with Crippen molar-refractivity contribution >= 4 is 23.7 Å². The lowest BCUT2D eigenvalue weighted by molar-refractivity contribution is -0.124. The number of rotatable bonds is 4. The van der Waals surface area contributed by atoms with Crippen LogP contribution in [0.3, 0.4) is 0 Å². The third-order valence-electron chi connectivity index (χ3n) is 4.55. The van der Waals surface area contributed by atoms with Gasteiger partial charge in [0.2, 0.25) is 0 Å². The van der Waals surface area contributed by atoms with Crippen LogP contribution in [0.5, 0.6) is 5.75 Å². The average Bonchev–Trinajstić information content (AvgIpc) is 2.85. The summed E-state index contributed by atoms with van der Waals surface area (Å²) in [5.74, 6) is 1.16. The van der Waals surface area contributed by atoms with Crippen LogP contribution in [0.4, 0.5) is 0 Å². The second kappa shape index (κ2) is 7.65. The molecule has 2 N–H and O–H groups in total. The number of likely N-dealkylation sites (N-methyl/N-ethyl adjacent to an activating group) is 1. The number of carbonyl (C=O) groups excluding carboxylic acids is 1. The first-order chi connectivity index (χ1) is 11.9. The third-order valence-corrected chi connectivity index (χ3v) is 5.60. The van der Waals surface area contributed by atoms with Crippen molar-refractivity contribution in [3.8, 4) is 5.75 Å². The molecule has 0 aromatic heterocycles. The average molecular weight is 377 g/mol. The smallest absolute Gasteiger partial charge is 0.261 e. The standard InChI is InChI=1S/C21H32N2O2S/c1-20(2,3)15-10-14(11-16(18(15)24)21(4,5)6)12-17-19(25)23(13-26-17)9-8-22-7/h10-12,22,24H,8-9,13H2,1-7H3. The molecule has 4 nitrogen and oxygen atoms in total. The number of nitrogens with one attached hydrogen (secondary N) is 1. The van der Waals surface area contributed by atoms with E-state index in [-0.39, 0.29) is 16.7 Å². The van der Waals surface area contributed by atoms with Gasteiger partial charge in [0.15, 0.2) is 0 Å². The first kappa shape index (κ1) is 20.8. The summed E-state index contributed by atoms with van der Waals surface area (Å²) in [4.78, 5) is 15.2. The Kier molecular flexibility index (Phi) is 6.13. The molecule has 1 fully saturated rings. The zero-order chi connectivity index (χ0) is 19.7. The number of thioether (sulfide) groups is 1. The van der Waals surface area contributed by atoms with E-state index in [1.807, 2.05) is 30.2 Å². The van der Waals surface area contributed by atoms with Crippen LogP contribution in [0.1, 0.15) is 58.2 Å². The van der Waals surface area contributed by atoms with Gasteiger partial charge in [0.1, 0.15) is 5.75 Å². The van der Waals surface area contributed by atoms with Gasteiger partial charge in [-0.05, 0) is 41.6 Å². The molecule has 1 heterocycles. The normalized spacial score (nSPS) is 17.4. The second-order valence-corrected chi connectivity index (χ2v) is 9.91. The quantitative estimate of drug-likeness (QED) is 0.778. The first-order valence-electron chi connectivity index (χ1n) is 9.11. The summed E-state index contributed by atoms with van der Waals surface area (Å²) in [6, 6.07) is 4.03. The van der Waals surface area contributed by atoms with Gasteiger partial charge in [0, 0.05) is 24.2 Å². The molecule has 26 heavy (non-hydrogen) atoms. The number of hydrogen-bond donors (Lipinski definition) is 2. The van der Waals surface area contributed by atoms with Crippen molar-refractivity contribution in [3.63, 3.8) is 0 Å². The fourth-order valence-electron chi connectivity index (χ4n) is 2.97. The molecule has 1 aromatic rings. The number of carbonyl (C=O) groups is 1. The van der Waals surface area contributed by atoms with E-state index in [0.717, 1.165) is 34.7 Å². The predicted octanol–water partition coefficient (Wildman–Crippen LogP) is 4.08. The lowest BCUT2D eigenvalue weighted by Gasteiger charge is -2.28. The number of aromatic hydroxyl groups is 1. The van der Waals surface area contributed by atoms with E-state index >= 15 is 0 Å². The molecule has 0 saturated carbocycles. The number of amides is 1. The maximum atomic E-state index is 12.6. The van der Waals surface area contributed by atoms with E-state index in [4.69, 9.17) is 0 Å². The van der Waals surface area contributed by atoms with Crippen LogP contribution >= 0.6 is 11.8 Å². The molecule has 1 amide bonds. The van der Waals surface area contributed by atoms with Gasteiger partial charge in [-0.15, -0.1) is 0 Å². The van der Waals surface area contributed by atoms with Crippen LogP contribution < -0.4 is 5.32 Å². The summed E-state index contributed by atoms with van der Waals surface area (Å²) in [5.41, 5.74) is 2.46. The fourth-order valence-corrected chi connectivity index (χ4v) is 3.99. The molecule has 0 unspecified atom stereocenters. The maximum Gasteiger partial charge on any atom is 0.261 e. The van der Waals surface area contributed by atoms with Crippen LogP contribution in [0.25, 0.3) is 6.08 Å². The Balaban J connectivity index is 2.46. The Hall–Kier alpha value is -1.46. The summed E-state index contributed by atoms with van der Waals surface area (Å²) < 4.78 is 0. The summed E-state index contributed by atoms with van der Waals surface area (Å²) >= 11 is 1.58. The van der Waals surface area contributed by atoms with Crippen molar-refractivity contribution < 1.29 is 9.90 Å². The largest absolute Gasteiger partial charge is 0.507 e. The van der Waals surface area contributed by atoms with E-state index < -0.39 is 0 Å². The van der Waals surface area contributed by atoms with Gasteiger partial charge in [-0.3, -0.25) is 4.79 Å². The van der Waals surface area contributed by atoms with Gasteiger partial charge in [0.25, 0.3) is 5.91 Å². The number of nitrogens with zero attached hydrogens (tertiary/aromatic N) is 1. The van der Waals surface area contributed by atoms with Crippen LogP contribution in [0.15, 0.2) is 17.0 Å². The van der Waals surface area contributed by atoms with Crippen LogP contribution in [0.2, 0.25) is 0 Å². The number of phenolic OH excluding ortho intramolecular Hbond substituents is 1. The zero-order valence-electron chi connectivity index (χ0n) is 17.1. The maximum absolute atomic E-state index is 12.6. The summed E-state index contributed by atoms with van der Waals surface area (Å²) in [7, 11) is 1.89. The molecule has 1 saturated heterocycles. The molecular weight excluding hydrogens is 344 g/mol.